The van der Waals surface area contributed by atoms with E-state index < -0.39 is 0 Å². The van der Waals surface area contributed by atoms with Crippen LogP contribution in [0.1, 0.15) is 26.7 Å². The Morgan fingerprint density at radius 2 is 1.68 bits per heavy atom. The lowest BCUT2D eigenvalue weighted by Crippen LogP contribution is -2.48. The number of nitrogens with one attached hydrogen (secondary N) is 1. The Labute approximate surface area is 118 Å². The topological polar surface area (TPSA) is 27.7 Å². The van der Waals surface area contributed by atoms with Gasteiger partial charge >= 0.3 is 0 Å². The van der Waals surface area contributed by atoms with E-state index in [2.05, 4.69) is 29.0 Å². The Hall–Kier alpha value is -0.160. The second-order valence-corrected chi connectivity index (χ2v) is 6.36. The molecule has 0 aromatic carbocycles. The first-order chi connectivity index (χ1) is 9.24. The number of piperidine rings is 1. The Bertz CT molecular complexity index is 234. The summed E-state index contributed by atoms with van der Waals surface area (Å²) < 4.78 is 5.98. The minimum atomic E-state index is 0.503. The Morgan fingerprint density at radius 3 is 2.32 bits per heavy atom. The van der Waals surface area contributed by atoms with Gasteiger partial charge < -0.3 is 15.0 Å². The van der Waals surface area contributed by atoms with E-state index in [-0.39, 0.29) is 0 Å². The van der Waals surface area contributed by atoms with E-state index in [1.807, 2.05) is 0 Å². The highest BCUT2D eigenvalue weighted by Crippen LogP contribution is 2.08. The smallest absolute Gasteiger partial charge is 0.0600 e. The summed E-state index contributed by atoms with van der Waals surface area (Å²) in [6.45, 7) is 15.0. The second-order valence-electron chi connectivity index (χ2n) is 6.36. The summed E-state index contributed by atoms with van der Waals surface area (Å²) in [5, 5.41) is 3.38. The third-order valence-corrected chi connectivity index (χ3v) is 4.14. The molecule has 0 saturated carbocycles. The average molecular weight is 269 g/mol. The molecular weight excluding hydrogens is 238 g/mol. The SMILES string of the molecule is CC(C)CN1CCN(CCOC2CCNCC2)CC1. The molecule has 0 spiro atoms. The van der Waals surface area contributed by atoms with Crippen molar-refractivity contribution in [1.29, 1.82) is 0 Å². The predicted octanol–water partition coefficient (Wildman–Crippen LogP) is 1.03. The molecule has 19 heavy (non-hydrogen) atoms. The van der Waals surface area contributed by atoms with Crippen LogP contribution in [-0.2, 0) is 4.74 Å². The van der Waals surface area contributed by atoms with Crippen molar-refractivity contribution in [3.63, 3.8) is 0 Å². The van der Waals surface area contributed by atoms with Gasteiger partial charge in [0.05, 0.1) is 12.7 Å². The van der Waals surface area contributed by atoms with Crippen molar-refractivity contribution in [1.82, 2.24) is 15.1 Å². The van der Waals surface area contributed by atoms with Crippen LogP contribution in [0, 0.1) is 5.92 Å². The zero-order valence-corrected chi connectivity index (χ0v) is 12.7. The predicted molar refractivity (Wildman–Crippen MR) is 79.6 cm³/mol. The molecule has 2 aliphatic heterocycles. The molecule has 0 aliphatic carbocycles. The van der Waals surface area contributed by atoms with Crippen molar-refractivity contribution in [2.75, 3.05) is 59.0 Å². The molecule has 0 atom stereocenters. The van der Waals surface area contributed by atoms with Gasteiger partial charge in [0.1, 0.15) is 0 Å². The normalized spacial score (nSPS) is 24.2. The van der Waals surface area contributed by atoms with Crippen molar-refractivity contribution in [2.24, 2.45) is 5.92 Å². The quantitative estimate of drug-likeness (QED) is 0.779. The average Bonchev–Trinajstić information content (AvgIpc) is 2.41. The number of ether oxygens (including phenoxy) is 1. The first kappa shape index (κ1) is 15.2. The number of piperazine rings is 1. The summed E-state index contributed by atoms with van der Waals surface area (Å²) in [7, 11) is 0. The van der Waals surface area contributed by atoms with Gasteiger partial charge in [-0.05, 0) is 31.8 Å². The molecule has 112 valence electrons. The van der Waals surface area contributed by atoms with Crippen LogP contribution in [0.5, 0.6) is 0 Å². The molecule has 2 saturated heterocycles. The van der Waals surface area contributed by atoms with Gasteiger partial charge in [0.15, 0.2) is 0 Å². The Balaban J connectivity index is 1.53. The molecule has 2 rings (SSSR count). The van der Waals surface area contributed by atoms with E-state index in [4.69, 9.17) is 4.74 Å². The van der Waals surface area contributed by atoms with Crippen LogP contribution in [-0.4, -0.2) is 74.9 Å². The van der Waals surface area contributed by atoms with E-state index in [1.54, 1.807) is 0 Å². The van der Waals surface area contributed by atoms with E-state index in [0.717, 1.165) is 32.2 Å². The molecule has 0 bridgehead atoms. The van der Waals surface area contributed by atoms with E-state index >= 15 is 0 Å². The maximum Gasteiger partial charge on any atom is 0.0600 e. The van der Waals surface area contributed by atoms with Crippen molar-refractivity contribution >= 4 is 0 Å². The molecule has 4 nitrogen and oxygen atoms in total. The van der Waals surface area contributed by atoms with Crippen molar-refractivity contribution in [3.8, 4) is 0 Å². The van der Waals surface area contributed by atoms with Gasteiger partial charge in [0.25, 0.3) is 0 Å². The third kappa shape index (κ3) is 5.78. The molecule has 0 aromatic heterocycles. The number of nitrogens with zero attached hydrogens (tertiary/aromatic N) is 2. The van der Waals surface area contributed by atoms with Gasteiger partial charge in [-0.1, -0.05) is 13.8 Å². The summed E-state index contributed by atoms with van der Waals surface area (Å²) >= 11 is 0. The van der Waals surface area contributed by atoms with Gasteiger partial charge in [-0.25, -0.2) is 0 Å². The highest BCUT2D eigenvalue weighted by Gasteiger charge is 2.18. The van der Waals surface area contributed by atoms with Crippen LogP contribution in [0.25, 0.3) is 0 Å². The molecule has 2 aliphatic rings. The van der Waals surface area contributed by atoms with Crippen LogP contribution in [0.3, 0.4) is 0 Å². The van der Waals surface area contributed by atoms with Gasteiger partial charge in [0, 0.05) is 39.3 Å². The van der Waals surface area contributed by atoms with E-state index in [1.165, 1.54) is 45.6 Å². The monoisotopic (exact) mass is 269 g/mol. The highest BCUT2D eigenvalue weighted by atomic mass is 16.5. The fraction of sp³-hybridized carbons (Fsp3) is 1.00. The number of hydrogen-bond acceptors (Lipinski definition) is 4. The largest absolute Gasteiger partial charge is 0.377 e. The summed E-state index contributed by atoms with van der Waals surface area (Å²) in [5.41, 5.74) is 0. The minimum absolute atomic E-state index is 0.503. The van der Waals surface area contributed by atoms with Gasteiger partial charge in [-0.2, -0.15) is 0 Å². The van der Waals surface area contributed by atoms with Crippen LogP contribution >= 0.6 is 0 Å². The highest BCUT2D eigenvalue weighted by molar-refractivity contribution is 4.73. The van der Waals surface area contributed by atoms with Crippen molar-refractivity contribution < 1.29 is 4.74 Å². The van der Waals surface area contributed by atoms with Gasteiger partial charge in [-0.15, -0.1) is 0 Å². The molecular formula is C15H31N3O. The first-order valence-corrected chi connectivity index (χ1v) is 8.01. The molecule has 2 fully saturated rings. The van der Waals surface area contributed by atoms with E-state index in [9.17, 15) is 0 Å². The number of rotatable bonds is 6. The van der Waals surface area contributed by atoms with Crippen LogP contribution in [0.15, 0.2) is 0 Å². The fourth-order valence-corrected chi connectivity index (χ4v) is 3.02. The van der Waals surface area contributed by atoms with Gasteiger partial charge in [-0.3, -0.25) is 4.90 Å². The summed E-state index contributed by atoms with van der Waals surface area (Å²) in [6.07, 6.45) is 2.87. The maximum absolute atomic E-state index is 5.98. The van der Waals surface area contributed by atoms with Crippen LogP contribution in [0.4, 0.5) is 0 Å². The zero-order chi connectivity index (χ0) is 13.5. The number of hydrogen-bond donors (Lipinski definition) is 1. The van der Waals surface area contributed by atoms with E-state index in [0.29, 0.717) is 6.10 Å². The molecule has 0 radical (unpaired) electrons. The summed E-state index contributed by atoms with van der Waals surface area (Å²) in [6, 6.07) is 0. The standard InChI is InChI=1S/C15H31N3O/c1-14(2)13-18-9-7-17(8-10-18)11-12-19-15-3-5-16-6-4-15/h14-16H,3-13H2,1-2H3. The lowest BCUT2D eigenvalue weighted by atomic mass is 10.1. The fourth-order valence-electron chi connectivity index (χ4n) is 3.02. The third-order valence-electron chi connectivity index (χ3n) is 4.14. The molecule has 0 amide bonds. The first-order valence-electron chi connectivity index (χ1n) is 8.01. The van der Waals surface area contributed by atoms with Crippen LogP contribution in [0.2, 0.25) is 0 Å². The van der Waals surface area contributed by atoms with Crippen LogP contribution < -0.4 is 5.32 Å². The Kier molecular flexibility index (Phi) is 6.57. The Morgan fingerprint density at radius 1 is 1.05 bits per heavy atom. The minimum Gasteiger partial charge on any atom is -0.377 e. The van der Waals surface area contributed by atoms with Crippen molar-refractivity contribution in [3.05, 3.63) is 0 Å². The van der Waals surface area contributed by atoms with Gasteiger partial charge in [0.2, 0.25) is 0 Å². The molecule has 0 aromatic rings. The molecule has 2 heterocycles. The zero-order valence-electron chi connectivity index (χ0n) is 12.7. The summed E-state index contributed by atoms with van der Waals surface area (Å²) in [4.78, 5) is 5.15. The second kappa shape index (κ2) is 8.20. The molecule has 1 N–H and O–H groups in total. The lowest BCUT2D eigenvalue weighted by molar-refractivity contribution is 0.0121. The summed E-state index contributed by atoms with van der Waals surface area (Å²) in [5.74, 6) is 0.787. The maximum atomic E-state index is 5.98. The molecule has 0 unspecified atom stereocenters. The van der Waals surface area contributed by atoms with Crippen molar-refractivity contribution in [2.45, 2.75) is 32.8 Å². The lowest BCUT2D eigenvalue weighted by Gasteiger charge is -2.35. The molecule has 4 heteroatoms.